The summed E-state index contributed by atoms with van der Waals surface area (Å²) in [5, 5.41) is 3.57. The molecule has 0 saturated heterocycles. The van der Waals surface area contributed by atoms with Crippen molar-refractivity contribution in [2.24, 2.45) is 5.92 Å². The maximum Gasteiger partial charge on any atom is 0.163 e. The quantitative estimate of drug-likeness (QED) is 0.831. The molecule has 20 heavy (non-hydrogen) atoms. The van der Waals surface area contributed by atoms with E-state index in [0.29, 0.717) is 19.3 Å². The number of fused-ring (bicyclic) bond motifs is 1. The summed E-state index contributed by atoms with van der Waals surface area (Å²) in [5.74, 6) is 2.30. The van der Waals surface area contributed by atoms with E-state index in [-0.39, 0.29) is 0 Å². The van der Waals surface area contributed by atoms with Crippen LogP contribution in [0.5, 0.6) is 11.5 Å². The maximum atomic E-state index is 6.12. The molecule has 4 heteroatoms. The van der Waals surface area contributed by atoms with Gasteiger partial charge in [0.2, 0.25) is 0 Å². The zero-order valence-electron chi connectivity index (χ0n) is 12.2. The summed E-state index contributed by atoms with van der Waals surface area (Å²) >= 11 is 0. The fraction of sp³-hybridized carbons (Fsp3) is 0.625. The first-order chi connectivity index (χ1) is 9.74. The van der Waals surface area contributed by atoms with Gasteiger partial charge in [0, 0.05) is 18.2 Å². The van der Waals surface area contributed by atoms with Crippen LogP contribution < -0.4 is 20.5 Å². The number of benzene rings is 1. The van der Waals surface area contributed by atoms with Gasteiger partial charge in [0.05, 0.1) is 11.4 Å². The first-order valence-electron chi connectivity index (χ1n) is 7.69. The van der Waals surface area contributed by atoms with Crippen LogP contribution in [0, 0.1) is 5.92 Å². The Morgan fingerprint density at radius 3 is 2.45 bits per heavy atom. The van der Waals surface area contributed by atoms with E-state index in [4.69, 9.17) is 15.2 Å². The third-order valence-corrected chi connectivity index (χ3v) is 4.45. The topological polar surface area (TPSA) is 56.5 Å². The van der Waals surface area contributed by atoms with Gasteiger partial charge in [0.15, 0.2) is 11.5 Å². The molecule has 3 rings (SSSR count). The zero-order valence-corrected chi connectivity index (χ0v) is 12.2. The molecule has 1 saturated carbocycles. The van der Waals surface area contributed by atoms with Crippen LogP contribution in [-0.2, 0) is 0 Å². The Labute approximate surface area is 120 Å². The van der Waals surface area contributed by atoms with Gasteiger partial charge in [-0.05, 0) is 25.7 Å². The maximum absolute atomic E-state index is 6.12. The first-order valence-corrected chi connectivity index (χ1v) is 7.69. The lowest BCUT2D eigenvalue weighted by molar-refractivity contribution is 0.172. The predicted octanol–water partition coefficient (Wildman–Crippen LogP) is 3.42. The van der Waals surface area contributed by atoms with E-state index in [0.717, 1.165) is 28.8 Å². The van der Waals surface area contributed by atoms with Gasteiger partial charge in [0.1, 0.15) is 13.2 Å². The zero-order chi connectivity index (χ0) is 13.9. The molecule has 0 spiro atoms. The number of hydrogen-bond donors (Lipinski definition) is 2. The van der Waals surface area contributed by atoms with Crippen LogP contribution in [0.4, 0.5) is 11.4 Å². The Kier molecular flexibility index (Phi) is 3.90. The van der Waals surface area contributed by atoms with Crippen LogP contribution >= 0.6 is 0 Å². The molecule has 0 bridgehead atoms. The summed E-state index contributed by atoms with van der Waals surface area (Å²) in [5.41, 5.74) is 7.82. The highest BCUT2D eigenvalue weighted by molar-refractivity contribution is 5.72. The lowest BCUT2D eigenvalue weighted by Crippen LogP contribution is -2.28. The minimum atomic E-state index is 0.445. The van der Waals surface area contributed by atoms with Crippen molar-refractivity contribution in [3.63, 3.8) is 0 Å². The first kappa shape index (κ1) is 13.4. The number of ether oxygens (including phenoxy) is 2. The van der Waals surface area contributed by atoms with Gasteiger partial charge in [-0.2, -0.15) is 0 Å². The van der Waals surface area contributed by atoms with E-state index in [1.165, 1.54) is 32.1 Å². The van der Waals surface area contributed by atoms with E-state index >= 15 is 0 Å². The average Bonchev–Trinajstić information content (AvgIpc) is 2.49. The molecule has 1 aliphatic carbocycles. The van der Waals surface area contributed by atoms with Gasteiger partial charge in [-0.25, -0.2) is 0 Å². The second-order valence-electron chi connectivity index (χ2n) is 5.91. The van der Waals surface area contributed by atoms with E-state index in [2.05, 4.69) is 12.2 Å². The Morgan fingerprint density at radius 2 is 1.75 bits per heavy atom. The van der Waals surface area contributed by atoms with Gasteiger partial charge in [-0.15, -0.1) is 0 Å². The van der Waals surface area contributed by atoms with Crippen LogP contribution in [0.3, 0.4) is 0 Å². The van der Waals surface area contributed by atoms with Crippen molar-refractivity contribution in [2.45, 2.75) is 45.1 Å². The molecule has 1 unspecified atom stereocenters. The van der Waals surface area contributed by atoms with Gasteiger partial charge in [-0.1, -0.05) is 19.3 Å². The van der Waals surface area contributed by atoms with Crippen LogP contribution in [0.25, 0.3) is 0 Å². The van der Waals surface area contributed by atoms with Crippen LogP contribution in [0.15, 0.2) is 12.1 Å². The normalized spacial score (nSPS) is 20.4. The lowest BCUT2D eigenvalue weighted by atomic mass is 9.84. The molecule has 1 aliphatic heterocycles. The molecule has 2 aliphatic rings. The molecule has 4 nitrogen and oxygen atoms in total. The minimum absolute atomic E-state index is 0.445. The van der Waals surface area contributed by atoms with Gasteiger partial charge in [0.25, 0.3) is 0 Å². The molecule has 1 fully saturated rings. The molecular formula is C16H24N2O2. The highest BCUT2D eigenvalue weighted by Crippen LogP contribution is 2.38. The largest absolute Gasteiger partial charge is 0.486 e. The highest BCUT2D eigenvalue weighted by atomic mass is 16.6. The Morgan fingerprint density at radius 1 is 1.10 bits per heavy atom. The Bertz CT molecular complexity index is 470. The number of nitrogen functional groups attached to an aromatic ring is 1. The summed E-state index contributed by atoms with van der Waals surface area (Å²) in [6.45, 7) is 3.46. The average molecular weight is 276 g/mol. The smallest absolute Gasteiger partial charge is 0.163 e. The summed E-state index contributed by atoms with van der Waals surface area (Å²) < 4.78 is 11.2. The second kappa shape index (κ2) is 5.81. The van der Waals surface area contributed by atoms with Gasteiger partial charge >= 0.3 is 0 Å². The molecule has 1 aromatic rings. The molecule has 110 valence electrons. The van der Waals surface area contributed by atoms with E-state index in [1.54, 1.807) is 0 Å². The minimum Gasteiger partial charge on any atom is -0.486 e. The number of nitrogens with one attached hydrogen (secondary N) is 1. The number of nitrogens with two attached hydrogens (primary N) is 1. The Hall–Kier alpha value is -1.58. The third kappa shape index (κ3) is 2.79. The van der Waals surface area contributed by atoms with E-state index < -0.39 is 0 Å². The molecule has 1 atom stereocenters. The summed E-state index contributed by atoms with van der Waals surface area (Å²) in [7, 11) is 0. The van der Waals surface area contributed by atoms with Gasteiger partial charge in [-0.3, -0.25) is 0 Å². The fourth-order valence-electron chi connectivity index (χ4n) is 3.23. The molecule has 0 radical (unpaired) electrons. The monoisotopic (exact) mass is 276 g/mol. The lowest BCUT2D eigenvalue weighted by Gasteiger charge is -2.30. The molecule has 0 aromatic heterocycles. The summed E-state index contributed by atoms with van der Waals surface area (Å²) in [6.07, 6.45) is 6.73. The van der Waals surface area contributed by atoms with Crippen molar-refractivity contribution in [1.29, 1.82) is 0 Å². The van der Waals surface area contributed by atoms with Crippen molar-refractivity contribution in [1.82, 2.24) is 0 Å². The molecule has 0 amide bonds. The SMILES string of the molecule is CC(Nc1cc2c(cc1N)OCCO2)C1CCCCC1. The number of anilines is 2. The number of hydrogen-bond acceptors (Lipinski definition) is 4. The van der Waals surface area contributed by atoms with Crippen molar-refractivity contribution in [3.05, 3.63) is 12.1 Å². The van der Waals surface area contributed by atoms with Crippen LogP contribution in [0.2, 0.25) is 0 Å². The standard InChI is InChI=1S/C16H24N2O2/c1-11(12-5-3-2-4-6-12)18-14-10-16-15(9-13(14)17)19-7-8-20-16/h9-12,18H,2-8,17H2,1H3. The molecule has 1 heterocycles. The summed E-state index contributed by atoms with van der Waals surface area (Å²) in [6, 6.07) is 4.29. The van der Waals surface area contributed by atoms with E-state index in [1.807, 2.05) is 12.1 Å². The molecule has 3 N–H and O–H groups in total. The van der Waals surface area contributed by atoms with Crippen molar-refractivity contribution in [2.75, 3.05) is 24.3 Å². The van der Waals surface area contributed by atoms with Crippen molar-refractivity contribution >= 4 is 11.4 Å². The van der Waals surface area contributed by atoms with Crippen molar-refractivity contribution < 1.29 is 9.47 Å². The van der Waals surface area contributed by atoms with Gasteiger partial charge < -0.3 is 20.5 Å². The molecule has 1 aromatic carbocycles. The fourth-order valence-corrected chi connectivity index (χ4v) is 3.23. The van der Waals surface area contributed by atoms with Crippen LogP contribution in [-0.4, -0.2) is 19.3 Å². The van der Waals surface area contributed by atoms with E-state index in [9.17, 15) is 0 Å². The third-order valence-electron chi connectivity index (χ3n) is 4.45. The highest BCUT2D eigenvalue weighted by Gasteiger charge is 2.21. The Balaban J connectivity index is 1.73. The summed E-state index contributed by atoms with van der Waals surface area (Å²) in [4.78, 5) is 0. The van der Waals surface area contributed by atoms with Crippen molar-refractivity contribution in [3.8, 4) is 11.5 Å². The predicted molar refractivity (Wildman–Crippen MR) is 81.5 cm³/mol. The molecular weight excluding hydrogens is 252 g/mol. The second-order valence-corrected chi connectivity index (χ2v) is 5.91. The number of rotatable bonds is 3. The van der Waals surface area contributed by atoms with Crippen LogP contribution in [0.1, 0.15) is 39.0 Å².